The second kappa shape index (κ2) is 6.94. The lowest BCUT2D eigenvalue weighted by Crippen LogP contribution is -2.46. The molecule has 4 nitrogen and oxygen atoms in total. The van der Waals surface area contributed by atoms with E-state index >= 15 is 0 Å². The number of amidine groups is 1. The van der Waals surface area contributed by atoms with Gasteiger partial charge in [-0.05, 0) is 30.4 Å². The third kappa shape index (κ3) is 3.67. The lowest BCUT2D eigenvalue weighted by atomic mass is 10.2. The van der Waals surface area contributed by atoms with Gasteiger partial charge in [0.1, 0.15) is 0 Å². The fraction of sp³-hybridized carbons (Fsp3) is 0.294. The van der Waals surface area contributed by atoms with Gasteiger partial charge in [0.2, 0.25) is 0 Å². The van der Waals surface area contributed by atoms with Crippen molar-refractivity contribution in [3.05, 3.63) is 53.0 Å². The summed E-state index contributed by atoms with van der Waals surface area (Å²) >= 11 is 1.48. The Morgan fingerprint density at radius 2 is 1.86 bits per heavy atom. The maximum absolute atomic E-state index is 12.0. The number of carbonyl (C=O) groups excluding carboxylic acids is 1. The molecule has 1 saturated heterocycles. The summed E-state index contributed by atoms with van der Waals surface area (Å²) in [6, 6.07) is 10.0. The predicted octanol–water partition coefficient (Wildman–Crippen LogP) is 2.46. The molecule has 1 aromatic rings. The number of piperazine rings is 1. The molecule has 0 spiro atoms. The minimum atomic E-state index is -0.128. The van der Waals surface area contributed by atoms with Crippen LogP contribution in [0.2, 0.25) is 0 Å². The maximum atomic E-state index is 12.0. The van der Waals surface area contributed by atoms with Crippen molar-refractivity contribution in [1.82, 2.24) is 9.80 Å². The van der Waals surface area contributed by atoms with Crippen molar-refractivity contribution >= 4 is 28.9 Å². The fourth-order valence-electron chi connectivity index (χ4n) is 2.36. The Hall–Kier alpha value is -1.85. The Bertz CT molecular complexity index is 629. The molecule has 2 aliphatic rings. The molecule has 0 bridgehead atoms. The number of thioether (sulfide) groups is 1. The predicted molar refractivity (Wildman–Crippen MR) is 92.7 cm³/mol. The summed E-state index contributed by atoms with van der Waals surface area (Å²) in [7, 11) is 2.12. The van der Waals surface area contributed by atoms with E-state index < -0.39 is 0 Å². The van der Waals surface area contributed by atoms with Gasteiger partial charge in [-0.15, -0.1) is 0 Å². The highest BCUT2D eigenvalue weighted by Crippen LogP contribution is 2.28. The highest BCUT2D eigenvalue weighted by Gasteiger charge is 2.27. The molecule has 2 heterocycles. The van der Waals surface area contributed by atoms with E-state index in [0.29, 0.717) is 4.91 Å². The molecule has 0 saturated carbocycles. The summed E-state index contributed by atoms with van der Waals surface area (Å²) in [5.74, 6) is -0.128. The average molecular weight is 313 g/mol. The molecule has 2 aliphatic heterocycles. The van der Waals surface area contributed by atoms with Crippen molar-refractivity contribution in [3.8, 4) is 0 Å². The summed E-state index contributed by atoms with van der Waals surface area (Å²) in [5.41, 5.74) is 1.12. The molecule has 1 aromatic carbocycles. The van der Waals surface area contributed by atoms with Crippen LogP contribution >= 0.6 is 11.8 Å². The van der Waals surface area contributed by atoms with Crippen LogP contribution in [0.4, 0.5) is 0 Å². The molecule has 1 amide bonds. The SMILES string of the molecule is CN1CCN(C2=NC(=O)C(=CC=Cc3ccccc3)S2)CC1. The zero-order valence-corrected chi connectivity index (χ0v) is 13.4. The first-order chi connectivity index (χ1) is 10.7. The Morgan fingerprint density at radius 3 is 2.59 bits per heavy atom. The van der Waals surface area contributed by atoms with Gasteiger partial charge in [0.05, 0.1) is 4.91 Å². The smallest absolute Gasteiger partial charge is 0.286 e. The van der Waals surface area contributed by atoms with Crippen LogP contribution in [-0.4, -0.2) is 54.1 Å². The number of hydrogen-bond acceptors (Lipinski definition) is 4. The fourth-order valence-corrected chi connectivity index (χ4v) is 3.27. The van der Waals surface area contributed by atoms with Gasteiger partial charge in [-0.25, -0.2) is 0 Å². The molecule has 22 heavy (non-hydrogen) atoms. The molecule has 0 aliphatic carbocycles. The normalized spacial score (nSPS) is 21.9. The lowest BCUT2D eigenvalue weighted by Gasteiger charge is -2.32. The zero-order valence-electron chi connectivity index (χ0n) is 12.6. The number of nitrogens with zero attached hydrogens (tertiary/aromatic N) is 3. The van der Waals surface area contributed by atoms with Crippen LogP contribution in [0.1, 0.15) is 5.56 Å². The summed E-state index contributed by atoms with van der Waals surface area (Å²) in [5, 5.41) is 0.845. The van der Waals surface area contributed by atoms with Gasteiger partial charge in [-0.3, -0.25) is 4.79 Å². The van der Waals surface area contributed by atoms with E-state index in [0.717, 1.165) is 36.9 Å². The number of hydrogen-bond donors (Lipinski definition) is 0. The summed E-state index contributed by atoms with van der Waals surface area (Å²) in [4.78, 5) is 21.4. The maximum Gasteiger partial charge on any atom is 0.286 e. The molecular weight excluding hydrogens is 294 g/mol. The van der Waals surface area contributed by atoms with Gasteiger partial charge >= 0.3 is 0 Å². The number of amides is 1. The van der Waals surface area contributed by atoms with Gasteiger partial charge in [0.25, 0.3) is 5.91 Å². The Morgan fingerprint density at radius 1 is 1.14 bits per heavy atom. The van der Waals surface area contributed by atoms with Crippen molar-refractivity contribution in [2.24, 2.45) is 4.99 Å². The first-order valence-electron chi connectivity index (χ1n) is 7.40. The van der Waals surface area contributed by atoms with E-state index in [-0.39, 0.29) is 5.91 Å². The largest absolute Gasteiger partial charge is 0.348 e. The molecule has 0 atom stereocenters. The minimum absolute atomic E-state index is 0.128. The third-order valence-corrected chi connectivity index (χ3v) is 4.78. The number of carbonyl (C=O) groups is 1. The first kappa shape index (κ1) is 15.1. The van der Waals surface area contributed by atoms with Gasteiger partial charge in [0.15, 0.2) is 5.17 Å². The van der Waals surface area contributed by atoms with E-state index in [4.69, 9.17) is 0 Å². The lowest BCUT2D eigenvalue weighted by molar-refractivity contribution is -0.113. The molecule has 0 N–H and O–H groups in total. The van der Waals surface area contributed by atoms with Crippen LogP contribution in [-0.2, 0) is 4.79 Å². The second-order valence-electron chi connectivity index (χ2n) is 5.39. The van der Waals surface area contributed by atoms with Crippen molar-refractivity contribution in [3.63, 3.8) is 0 Å². The minimum Gasteiger partial charge on any atom is -0.348 e. The van der Waals surface area contributed by atoms with Gasteiger partial charge in [-0.1, -0.05) is 42.5 Å². The second-order valence-corrected chi connectivity index (χ2v) is 6.40. The number of allylic oxidation sites excluding steroid dienone is 2. The summed E-state index contributed by atoms with van der Waals surface area (Å²) in [6.07, 6.45) is 5.76. The molecule has 0 aromatic heterocycles. The Balaban J connectivity index is 1.62. The number of rotatable bonds is 2. The molecule has 1 fully saturated rings. The molecule has 114 valence electrons. The monoisotopic (exact) mass is 313 g/mol. The van der Waals surface area contributed by atoms with Gasteiger partial charge in [-0.2, -0.15) is 4.99 Å². The van der Waals surface area contributed by atoms with Gasteiger partial charge in [0, 0.05) is 26.2 Å². The molecule has 5 heteroatoms. The van der Waals surface area contributed by atoms with Crippen LogP contribution < -0.4 is 0 Å². The van der Waals surface area contributed by atoms with Crippen molar-refractivity contribution in [1.29, 1.82) is 0 Å². The molecule has 3 rings (SSSR count). The van der Waals surface area contributed by atoms with Crippen LogP contribution in [0, 0.1) is 0 Å². The molecular formula is C17H19N3OS. The zero-order chi connectivity index (χ0) is 15.4. The quantitative estimate of drug-likeness (QED) is 0.786. The first-order valence-corrected chi connectivity index (χ1v) is 8.22. The summed E-state index contributed by atoms with van der Waals surface area (Å²) in [6.45, 7) is 3.90. The summed E-state index contributed by atoms with van der Waals surface area (Å²) < 4.78 is 0. The van der Waals surface area contributed by atoms with Crippen molar-refractivity contribution in [2.45, 2.75) is 0 Å². The number of likely N-dealkylation sites (N-methyl/N-ethyl adjacent to an activating group) is 1. The van der Waals surface area contributed by atoms with Crippen molar-refractivity contribution < 1.29 is 4.79 Å². The van der Waals surface area contributed by atoms with Crippen LogP contribution in [0.5, 0.6) is 0 Å². The third-order valence-electron chi connectivity index (χ3n) is 3.72. The van der Waals surface area contributed by atoms with E-state index in [9.17, 15) is 4.79 Å². The van der Waals surface area contributed by atoms with E-state index in [1.54, 1.807) is 0 Å². The van der Waals surface area contributed by atoms with E-state index in [1.807, 2.05) is 48.6 Å². The molecule has 0 unspecified atom stereocenters. The molecule has 0 radical (unpaired) electrons. The highest BCUT2D eigenvalue weighted by atomic mass is 32.2. The Labute approximate surface area is 135 Å². The number of benzene rings is 1. The number of aliphatic imine (C=N–C) groups is 1. The van der Waals surface area contributed by atoms with Crippen molar-refractivity contribution in [2.75, 3.05) is 33.2 Å². The Kier molecular flexibility index (Phi) is 4.75. The van der Waals surface area contributed by atoms with Crippen LogP contribution in [0.15, 0.2) is 52.4 Å². The van der Waals surface area contributed by atoms with Crippen LogP contribution in [0.25, 0.3) is 6.08 Å². The van der Waals surface area contributed by atoms with E-state index in [2.05, 4.69) is 21.8 Å². The van der Waals surface area contributed by atoms with Crippen LogP contribution in [0.3, 0.4) is 0 Å². The van der Waals surface area contributed by atoms with Gasteiger partial charge < -0.3 is 9.80 Å². The average Bonchev–Trinajstić information content (AvgIpc) is 2.90. The van der Waals surface area contributed by atoms with E-state index in [1.165, 1.54) is 11.8 Å². The standard InChI is InChI=1S/C17H19N3OS/c1-19-10-12-20(13-11-19)17-18-16(21)15(22-17)9-5-8-14-6-3-2-4-7-14/h2-9H,10-13H2,1H3. The topological polar surface area (TPSA) is 35.9 Å². The highest BCUT2D eigenvalue weighted by molar-refractivity contribution is 8.18.